The first-order valence-corrected chi connectivity index (χ1v) is 7.18. The SMILES string of the molecule is CC(C)(C)NCC(O)COc1ccc(CC(N)=O)cc1Cl. The molecule has 0 saturated heterocycles. The molecule has 0 heterocycles. The predicted octanol–water partition coefficient (Wildman–Crippen LogP) is 1.50. The summed E-state index contributed by atoms with van der Waals surface area (Å²) in [6.07, 6.45) is -0.497. The quantitative estimate of drug-likeness (QED) is 0.712. The zero-order valence-electron chi connectivity index (χ0n) is 12.6. The van der Waals surface area contributed by atoms with Gasteiger partial charge in [0, 0.05) is 12.1 Å². The zero-order valence-corrected chi connectivity index (χ0v) is 13.4. The van der Waals surface area contributed by atoms with Crippen molar-refractivity contribution in [2.45, 2.75) is 38.8 Å². The van der Waals surface area contributed by atoms with Crippen molar-refractivity contribution >= 4 is 17.5 Å². The third kappa shape index (κ3) is 7.32. The highest BCUT2D eigenvalue weighted by atomic mass is 35.5. The first-order chi connectivity index (χ1) is 9.67. The van der Waals surface area contributed by atoms with E-state index in [1.165, 1.54) is 0 Å². The van der Waals surface area contributed by atoms with Gasteiger partial charge in [0.1, 0.15) is 18.5 Å². The summed E-state index contributed by atoms with van der Waals surface area (Å²) in [7, 11) is 0. The molecule has 0 aliphatic heterocycles. The number of hydrogen-bond donors (Lipinski definition) is 3. The number of benzene rings is 1. The topological polar surface area (TPSA) is 84.6 Å². The van der Waals surface area contributed by atoms with Gasteiger partial charge in [-0.1, -0.05) is 17.7 Å². The van der Waals surface area contributed by atoms with Crippen molar-refractivity contribution in [1.29, 1.82) is 0 Å². The summed E-state index contributed by atoms with van der Waals surface area (Å²) in [4.78, 5) is 10.8. The molecule has 1 aromatic carbocycles. The van der Waals surface area contributed by atoms with Crippen LogP contribution in [0.1, 0.15) is 26.3 Å². The predicted molar refractivity (Wildman–Crippen MR) is 83.6 cm³/mol. The molecule has 1 amide bonds. The molecule has 4 N–H and O–H groups in total. The Morgan fingerprint density at radius 1 is 1.48 bits per heavy atom. The van der Waals surface area contributed by atoms with Crippen LogP contribution in [0.5, 0.6) is 5.75 Å². The number of primary amides is 1. The minimum atomic E-state index is -0.634. The van der Waals surface area contributed by atoms with Gasteiger partial charge < -0.3 is 20.9 Å². The van der Waals surface area contributed by atoms with Gasteiger partial charge in [-0.25, -0.2) is 0 Å². The molecule has 21 heavy (non-hydrogen) atoms. The first-order valence-electron chi connectivity index (χ1n) is 6.80. The molecule has 5 nitrogen and oxygen atoms in total. The zero-order chi connectivity index (χ0) is 16.0. The van der Waals surface area contributed by atoms with Gasteiger partial charge in [-0.2, -0.15) is 0 Å². The van der Waals surface area contributed by atoms with Crippen molar-refractivity contribution in [3.63, 3.8) is 0 Å². The van der Waals surface area contributed by atoms with E-state index in [4.69, 9.17) is 22.1 Å². The number of ether oxygens (including phenoxy) is 1. The second kappa shape index (κ2) is 7.64. The molecule has 1 atom stereocenters. The monoisotopic (exact) mass is 314 g/mol. The molecule has 0 aliphatic rings. The smallest absolute Gasteiger partial charge is 0.221 e. The Morgan fingerprint density at radius 3 is 2.67 bits per heavy atom. The number of nitrogens with two attached hydrogens (primary N) is 1. The average molecular weight is 315 g/mol. The third-order valence-corrected chi connectivity index (χ3v) is 2.97. The van der Waals surface area contributed by atoms with Crippen LogP contribution in [0.15, 0.2) is 18.2 Å². The molecule has 1 rings (SSSR count). The number of aliphatic hydroxyl groups excluding tert-OH is 1. The number of rotatable bonds is 7. The van der Waals surface area contributed by atoms with Crippen molar-refractivity contribution in [3.05, 3.63) is 28.8 Å². The van der Waals surface area contributed by atoms with Crippen LogP contribution >= 0.6 is 11.6 Å². The van der Waals surface area contributed by atoms with Gasteiger partial charge in [0.2, 0.25) is 5.91 Å². The third-order valence-electron chi connectivity index (χ3n) is 2.67. The van der Waals surface area contributed by atoms with Gasteiger partial charge in [-0.15, -0.1) is 0 Å². The van der Waals surface area contributed by atoms with Crippen molar-refractivity contribution in [2.24, 2.45) is 5.73 Å². The molecule has 0 aliphatic carbocycles. The van der Waals surface area contributed by atoms with Gasteiger partial charge in [0.15, 0.2) is 0 Å². The van der Waals surface area contributed by atoms with Crippen molar-refractivity contribution in [1.82, 2.24) is 5.32 Å². The Labute approximate surface area is 130 Å². The molecule has 0 spiro atoms. The molecule has 1 aromatic rings. The van der Waals surface area contributed by atoms with Crippen molar-refractivity contribution in [2.75, 3.05) is 13.2 Å². The van der Waals surface area contributed by atoms with E-state index in [0.717, 1.165) is 5.56 Å². The normalized spacial score (nSPS) is 13.0. The highest BCUT2D eigenvalue weighted by Crippen LogP contribution is 2.25. The molecular weight excluding hydrogens is 292 g/mol. The van der Waals surface area contributed by atoms with Crippen molar-refractivity contribution < 1.29 is 14.6 Å². The Morgan fingerprint density at radius 2 is 2.14 bits per heavy atom. The molecule has 0 saturated carbocycles. The van der Waals surface area contributed by atoms with Crippen LogP contribution in [0, 0.1) is 0 Å². The fourth-order valence-electron chi connectivity index (χ4n) is 1.64. The van der Waals surface area contributed by atoms with Gasteiger partial charge in [-0.05, 0) is 38.5 Å². The van der Waals surface area contributed by atoms with E-state index in [0.29, 0.717) is 17.3 Å². The van der Waals surface area contributed by atoms with Gasteiger partial charge in [-0.3, -0.25) is 4.79 Å². The van der Waals surface area contributed by atoms with Crippen LogP contribution in [-0.4, -0.2) is 35.8 Å². The van der Waals surface area contributed by atoms with E-state index < -0.39 is 12.0 Å². The molecule has 1 unspecified atom stereocenters. The van der Waals surface area contributed by atoms with Crippen molar-refractivity contribution in [3.8, 4) is 5.75 Å². The summed E-state index contributed by atoms with van der Waals surface area (Å²) in [5.41, 5.74) is 5.80. The minimum absolute atomic E-state index is 0.0605. The van der Waals surface area contributed by atoms with E-state index in [2.05, 4.69) is 5.32 Å². The molecule has 0 bridgehead atoms. The molecule has 0 fully saturated rings. The van der Waals surface area contributed by atoms with Gasteiger partial charge >= 0.3 is 0 Å². The van der Waals surface area contributed by atoms with E-state index in [1.807, 2.05) is 20.8 Å². The summed E-state index contributed by atoms with van der Waals surface area (Å²) >= 11 is 6.07. The second-order valence-electron chi connectivity index (χ2n) is 6.00. The van der Waals surface area contributed by atoms with Crippen LogP contribution in [0.4, 0.5) is 0 Å². The summed E-state index contributed by atoms with van der Waals surface area (Å²) in [6.45, 7) is 6.64. The molecular formula is C15H23ClN2O3. The molecule has 0 aromatic heterocycles. The Balaban J connectivity index is 2.50. The Hall–Kier alpha value is -1.30. The highest BCUT2D eigenvalue weighted by Gasteiger charge is 2.13. The van der Waals surface area contributed by atoms with Gasteiger partial charge in [0.25, 0.3) is 0 Å². The fraction of sp³-hybridized carbons (Fsp3) is 0.533. The average Bonchev–Trinajstić information content (AvgIpc) is 2.33. The number of carbonyl (C=O) groups is 1. The lowest BCUT2D eigenvalue weighted by Crippen LogP contribution is -2.42. The van der Waals surface area contributed by atoms with E-state index in [-0.39, 0.29) is 18.6 Å². The molecule has 0 radical (unpaired) electrons. The maximum absolute atomic E-state index is 10.8. The van der Waals surface area contributed by atoms with Crippen LogP contribution in [0.2, 0.25) is 5.02 Å². The highest BCUT2D eigenvalue weighted by molar-refractivity contribution is 6.32. The van der Waals surface area contributed by atoms with Crippen LogP contribution < -0.4 is 15.8 Å². The number of halogens is 1. The lowest BCUT2D eigenvalue weighted by Gasteiger charge is -2.23. The molecule has 118 valence electrons. The van der Waals surface area contributed by atoms with Gasteiger partial charge in [0.05, 0.1) is 11.4 Å². The molecule has 6 heteroatoms. The van der Waals surface area contributed by atoms with E-state index in [1.54, 1.807) is 18.2 Å². The lowest BCUT2D eigenvalue weighted by atomic mass is 10.1. The maximum Gasteiger partial charge on any atom is 0.221 e. The number of hydrogen-bond acceptors (Lipinski definition) is 4. The standard InChI is InChI=1S/C15H23ClN2O3/c1-15(2,3)18-8-11(19)9-21-13-5-4-10(6-12(13)16)7-14(17)20/h4-6,11,18-19H,7-9H2,1-3H3,(H2,17,20). The minimum Gasteiger partial charge on any atom is -0.489 e. The summed E-state index contributed by atoms with van der Waals surface area (Å²) in [5, 5.41) is 13.4. The largest absolute Gasteiger partial charge is 0.489 e. The van der Waals surface area contributed by atoms with Crippen LogP contribution in [0.25, 0.3) is 0 Å². The Kier molecular flexibility index (Phi) is 6.45. The van der Waals surface area contributed by atoms with Crippen LogP contribution in [0.3, 0.4) is 0 Å². The summed E-state index contributed by atoms with van der Waals surface area (Å²) in [6, 6.07) is 5.04. The lowest BCUT2D eigenvalue weighted by molar-refractivity contribution is -0.117. The number of β-amino-alcohol motifs (C(OH)–C–C–N with tert-alkyl or cyclic N) is 1. The maximum atomic E-state index is 10.8. The van der Waals surface area contributed by atoms with Crippen LogP contribution in [-0.2, 0) is 11.2 Å². The number of nitrogens with one attached hydrogen (secondary N) is 1. The second-order valence-corrected chi connectivity index (χ2v) is 6.41. The number of carbonyl (C=O) groups excluding carboxylic acids is 1. The number of amides is 1. The van der Waals surface area contributed by atoms with E-state index in [9.17, 15) is 9.90 Å². The summed E-state index contributed by atoms with van der Waals surface area (Å²) in [5.74, 6) is 0.0584. The first kappa shape index (κ1) is 17.8. The Bertz CT molecular complexity index is 486. The fourth-order valence-corrected chi connectivity index (χ4v) is 1.90. The summed E-state index contributed by atoms with van der Waals surface area (Å²) < 4.78 is 5.49. The number of aliphatic hydroxyl groups is 1. The van der Waals surface area contributed by atoms with E-state index >= 15 is 0 Å².